The number of aromatic nitrogens is 2. The quantitative estimate of drug-likeness (QED) is 0.574. The van der Waals surface area contributed by atoms with Crippen LogP contribution in [0.5, 0.6) is 0 Å². The van der Waals surface area contributed by atoms with Crippen LogP contribution in [0.15, 0.2) is 42.7 Å². The van der Waals surface area contributed by atoms with Crippen LogP contribution >= 0.6 is 11.3 Å². The Hall–Kier alpha value is -2.60. The summed E-state index contributed by atoms with van der Waals surface area (Å²) in [6.07, 6.45) is 5.79. The summed E-state index contributed by atoms with van der Waals surface area (Å²) in [7, 11) is -0.640. The summed E-state index contributed by atoms with van der Waals surface area (Å²) in [6, 6.07) is 6.87. The summed E-state index contributed by atoms with van der Waals surface area (Å²) in [5.74, 6) is -0.523. The van der Waals surface area contributed by atoms with Gasteiger partial charge < -0.3 is 5.32 Å². The Morgan fingerprint density at radius 3 is 2.73 bits per heavy atom. The smallest absolute Gasteiger partial charge is 0.280 e. The molecule has 8 nitrogen and oxygen atoms in total. The standard InChI is InChI=1S/C22H24FN5O3S2/c1-27-12-14(11-24-27)20-7-8-21(32-20)18-10-19(28(2)33(30,31)26-18)22(29)25-15-5-6-17(23)16(9-15)13-3-4-13/h5-9,11-13,18-19,26H,3-4,10H2,1-2H3,(H,25,29)/t18-,19+/m1/s1. The molecule has 0 spiro atoms. The van der Waals surface area contributed by atoms with Crippen molar-refractivity contribution in [3.63, 3.8) is 0 Å². The third-order valence-electron chi connectivity index (χ3n) is 6.11. The zero-order valence-electron chi connectivity index (χ0n) is 18.2. The number of hydrogen-bond acceptors (Lipinski definition) is 5. The zero-order valence-corrected chi connectivity index (χ0v) is 19.8. The predicted octanol–water partition coefficient (Wildman–Crippen LogP) is 3.38. The van der Waals surface area contributed by atoms with E-state index >= 15 is 0 Å². The number of nitrogens with one attached hydrogen (secondary N) is 2. The molecule has 0 radical (unpaired) electrons. The first kappa shape index (κ1) is 22.2. The first-order valence-electron chi connectivity index (χ1n) is 10.7. The van der Waals surface area contributed by atoms with Crippen LogP contribution in [0.2, 0.25) is 0 Å². The van der Waals surface area contributed by atoms with Gasteiger partial charge in [-0.1, -0.05) is 0 Å². The number of aryl methyl sites for hydroxylation is 1. The normalized spacial score (nSPS) is 22.9. The number of benzene rings is 1. The molecule has 1 aromatic carbocycles. The average molecular weight is 490 g/mol. The Labute approximate surface area is 195 Å². The van der Waals surface area contributed by atoms with Gasteiger partial charge in [-0.15, -0.1) is 11.3 Å². The van der Waals surface area contributed by atoms with Gasteiger partial charge in [0.1, 0.15) is 11.9 Å². The minimum atomic E-state index is -3.86. The minimum absolute atomic E-state index is 0.195. The Balaban J connectivity index is 1.37. The van der Waals surface area contributed by atoms with Crippen molar-refractivity contribution < 1.29 is 17.6 Å². The molecule has 1 saturated carbocycles. The van der Waals surface area contributed by atoms with Crippen molar-refractivity contribution in [2.24, 2.45) is 7.05 Å². The highest BCUT2D eigenvalue weighted by atomic mass is 32.2. The third kappa shape index (κ3) is 4.45. The SMILES string of the molecule is CN1[C@H](C(=O)Nc2ccc(F)c(C3CC3)c2)C[C@H](c2ccc(-c3cnn(C)c3)s2)NS1(=O)=O. The maximum atomic E-state index is 14.1. The molecule has 3 heterocycles. The lowest BCUT2D eigenvalue weighted by atomic mass is 10.0. The number of halogens is 1. The monoisotopic (exact) mass is 489 g/mol. The minimum Gasteiger partial charge on any atom is -0.325 e. The van der Waals surface area contributed by atoms with Crippen LogP contribution in [0.1, 0.15) is 41.7 Å². The van der Waals surface area contributed by atoms with Crippen molar-refractivity contribution in [3.05, 3.63) is 59.0 Å². The fourth-order valence-corrected chi connectivity index (χ4v) is 6.48. The highest BCUT2D eigenvalue weighted by molar-refractivity contribution is 7.87. The lowest BCUT2D eigenvalue weighted by molar-refractivity contribution is -0.120. The number of carbonyl (C=O) groups is 1. The van der Waals surface area contributed by atoms with Gasteiger partial charge >= 0.3 is 0 Å². The van der Waals surface area contributed by atoms with E-state index in [0.717, 1.165) is 32.5 Å². The van der Waals surface area contributed by atoms with E-state index in [4.69, 9.17) is 0 Å². The number of nitrogens with zero attached hydrogens (tertiary/aromatic N) is 3. The van der Waals surface area contributed by atoms with Crippen LogP contribution in [0.4, 0.5) is 10.1 Å². The van der Waals surface area contributed by atoms with Gasteiger partial charge in [-0.2, -0.15) is 22.5 Å². The molecule has 1 amide bonds. The molecule has 0 bridgehead atoms. The lowest BCUT2D eigenvalue weighted by Gasteiger charge is -2.35. The van der Waals surface area contributed by atoms with Crippen molar-refractivity contribution >= 4 is 33.1 Å². The number of amides is 1. The molecule has 2 atom stereocenters. The van der Waals surface area contributed by atoms with E-state index in [1.54, 1.807) is 16.9 Å². The Bertz CT molecular complexity index is 1320. The van der Waals surface area contributed by atoms with Gasteiger partial charge in [0.25, 0.3) is 10.2 Å². The molecule has 174 valence electrons. The van der Waals surface area contributed by atoms with Crippen LogP contribution in [0.25, 0.3) is 10.4 Å². The summed E-state index contributed by atoms with van der Waals surface area (Å²) in [5.41, 5.74) is 2.01. The van der Waals surface area contributed by atoms with Gasteiger partial charge in [-0.05, 0) is 61.1 Å². The van der Waals surface area contributed by atoms with Gasteiger partial charge in [0.15, 0.2) is 0 Å². The van der Waals surface area contributed by atoms with E-state index in [2.05, 4.69) is 15.1 Å². The van der Waals surface area contributed by atoms with Gasteiger partial charge in [-0.25, -0.2) is 4.39 Å². The van der Waals surface area contributed by atoms with E-state index in [1.165, 1.54) is 30.5 Å². The maximum absolute atomic E-state index is 14.1. The van der Waals surface area contributed by atoms with Crippen LogP contribution < -0.4 is 10.0 Å². The first-order valence-corrected chi connectivity index (χ1v) is 12.9. The van der Waals surface area contributed by atoms with Crippen LogP contribution in [0.3, 0.4) is 0 Å². The van der Waals surface area contributed by atoms with E-state index in [9.17, 15) is 17.6 Å². The number of rotatable bonds is 5. The molecule has 2 N–H and O–H groups in total. The zero-order chi connectivity index (χ0) is 23.3. The number of hydrogen-bond donors (Lipinski definition) is 2. The van der Waals surface area contributed by atoms with Crippen LogP contribution in [0, 0.1) is 5.82 Å². The largest absolute Gasteiger partial charge is 0.325 e. The van der Waals surface area contributed by atoms with Crippen LogP contribution in [-0.2, 0) is 22.1 Å². The third-order valence-corrected chi connectivity index (χ3v) is 8.95. The van der Waals surface area contributed by atoms with E-state index in [0.29, 0.717) is 11.3 Å². The van der Waals surface area contributed by atoms with Crippen molar-refractivity contribution in [1.29, 1.82) is 0 Å². The summed E-state index contributed by atoms with van der Waals surface area (Å²) < 4.78 is 45.1. The molecular weight excluding hydrogens is 465 g/mol. The van der Waals surface area contributed by atoms with Gasteiger partial charge in [-0.3, -0.25) is 9.48 Å². The molecule has 11 heteroatoms. The second-order valence-electron chi connectivity index (χ2n) is 8.55. The van der Waals surface area contributed by atoms with Gasteiger partial charge in [0.05, 0.1) is 12.2 Å². The molecule has 1 saturated heterocycles. The summed E-state index contributed by atoms with van der Waals surface area (Å²) >= 11 is 1.47. The number of likely N-dealkylation sites (N-methyl/N-ethyl adjacent to an activating group) is 1. The highest BCUT2D eigenvalue weighted by Gasteiger charge is 2.41. The molecule has 2 aromatic heterocycles. The van der Waals surface area contributed by atoms with Crippen LogP contribution in [-0.4, -0.2) is 41.5 Å². The lowest BCUT2D eigenvalue weighted by Crippen LogP contribution is -2.55. The second-order valence-corrected chi connectivity index (χ2v) is 11.4. The van der Waals surface area contributed by atoms with Crippen molar-refractivity contribution in [2.45, 2.75) is 37.3 Å². The topological polar surface area (TPSA) is 96.3 Å². The molecule has 5 rings (SSSR count). The molecule has 1 aliphatic heterocycles. The number of thiophene rings is 1. The Morgan fingerprint density at radius 1 is 1.24 bits per heavy atom. The van der Waals surface area contributed by atoms with Crippen molar-refractivity contribution in [3.8, 4) is 10.4 Å². The van der Waals surface area contributed by atoms with E-state index in [1.807, 2.05) is 25.4 Å². The summed E-state index contributed by atoms with van der Waals surface area (Å²) in [5, 5.41) is 6.97. The molecule has 0 unspecified atom stereocenters. The molecule has 2 fully saturated rings. The van der Waals surface area contributed by atoms with E-state index < -0.39 is 28.2 Å². The molecule has 1 aliphatic carbocycles. The average Bonchev–Trinajstić information content (AvgIpc) is 3.32. The van der Waals surface area contributed by atoms with Crippen molar-refractivity contribution in [1.82, 2.24) is 18.8 Å². The Morgan fingerprint density at radius 2 is 2.03 bits per heavy atom. The molecule has 33 heavy (non-hydrogen) atoms. The number of carbonyl (C=O) groups excluding carboxylic acids is 1. The summed E-state index contributed by atoms with van der Waals surface area (Å²) in [4.78, 5) is 14.9. The summed E-state index contributed by atoms with van der Waals surface area (Å²) in [6.45, 7) is 0. The fourth-order valence-electron chi connectivity index (χ4n) is 4.09. The highest BCUT2D eigenvalue weighted by Crippen LogP contribution is 2.42. The van der Waals surface area contributed by atoms with E-state index in [-0.39, 0.29) is 18.2 Å². The molecular formula is C22H24FN5O3S2. The molecule has 3 aromatic rings. The first-order chi connectivity index (χ1) is 15.7. The fraction of sp³-hybridized carbons (Fsp3) is 0.364. The molecule has 2 aliphatic rings. The maximum Gasteiger partial charge on any atom is 0.280 e. The van der Waals surface area contributed by atoms with Crippen molar-refractivity contribution in [2.75, 3.05) is 12.4 Å². The predicted molar refractivity (Wildman–Crippen MR) is 124 cm³/mol. The number of anilines is 1. The van der Waals surface area contributed by atoms with Gasteiger partial charge in [0.2, 0.25) is 5.91 Å². The van der Waals surface area contributed by atoms with Gasteiger partial charge in [0, 0.05) is 41.3 Å². The second kappa shape index (κ2) is 8.32. The Kier molecular flexibility index (Phi) is 5.60.